The fourth-order valence-corrected chi connectivity index (χ4v) is 2.06. The molecular formula is C14H32N2O2. The summed E-state index contributed by atoms with van der Waals surface area (Å²) in [4.78, 5) is 2.44. The molecule has 2 atom stereocenters. The van der Waals surface area contributed by atoms with Gasteiger partial charge in [0.25, 0.3) is 0 Å². The Morgan fingerprint density at radius 1 is 1.33 bits per heavy atom. The zero-order chi connectivity index (χ0) is 14.0. The number of aliphatic hydroxyl groups is 1. The number of aliphatic hydroxyl groups excluding tert-OH is 1. The Labute approximate surface area is 113 Å². The summed E-state index contributed by atoms with van der Waals surface area (Å²) in [6, 6.07) is 0.560. The highest BCUT2D eigenvalue weighted by Crippen LogP contribution is 2.12. The van der Waals surface area contributed by atoms with Gasteiger partial charge in [-0.15, -0.1) is 0 Å². The molecule has 110 valence electrons. The largest absolute Gasteiger partial charge is 0.394 e. The first kappa shape index (κ1) is 17.8. The van der Waals surface area contributed by atoms with E-state index in [4.69, 9.17) is 4.74 Å². The van der Waals surface area contributed by atoms with E-state index in [1.165, 1.54) is 0 Å². The van der Waals surface area contributed by atoms with E-state index in [-0.39, 0.29) is 12.1 Å². The van der Waals surface area contributed by atoms with Gasteiger partial charge in [0.05, 0.1) is 13.2 Å². The molecule has 0 radical (unpaired) electrons. The highest BCUT2D eigenvalue weighted by atomic mass is 16.5. The second-order valence-electron chi connectivity index (χ2n) is 5.29. The number of likely N-dealkylation sites (N-methyl/N-ethyl adjacent to an activating group) is 1. The minimum Gasteiger partial charge on any atom is -0.394 e. The minimum absolute atomic E-state index is 0.173. The molecule has 0 aromatic rings. The van der Waals surface area contributed by atoms with Crippen molar-refractivity contribution in [3.05, 3.63) is 0 Å². The molecule has 4 heteroatoms. The quantitative estimate of drug-likeness (QED) is 0.591. The van der Waals surface area contributed by atoms with Crippen LogP contribution < -0.4 is 5.32 Å². The molecule has 0 aliphatic heterocycles. The molecule has 0 aliphatic rings. The van der Waals surface area contributed by atoms with Gasteiger partial charge < -0.3 is 15.2 Å². The maximum atomic E-state index is 9.50. The van der Waals surface area contributed by atoms with Crippen molar-refractivity contribution in [2.75, 3.05) is 40.0 Å². The van der Waals surface area contributed by atoms with Gasteiger partial charge in [-0.05, 0) is 33.2 Å². The van der Waals surface area contributed by atoms with E-state index in [1.54, 1.807) is 7.11 Å². The molecule has 0 amide bonds. The second kappa shape index (κ2) is 9.73. The normalized spacial score (nSPS) is 16.8. The summed E-state index contributed by atoms with van der Waals surface area (Å²) < 4.78 is 5.17. The fourth-order valence-electron chi connectivity index (χ4n) is 2.06. The summed E-state index contributed by atoms with van der Waals surface area (Å²) in [6.45, 7) is 12.4. The highest BCUT2D eigenvalue weighted by Gasteiger charge is 2.23. The Bertz CT molecular complexity index is 202. The first-order chi connectivity index (χ1) is 8.52. The number of methoxy groups -OCH3 is 1. The van der Waals surface area contributed by atoms with Gasteiger partial charge in [-0.3, -0.25) is 4.90 Å². The third-order valence-corrected chi connectivity index (χ3v) is 3.70. The van der Waals surface area contributed by atoms with Crippen molar-refractivity contribution in [3.8, 4) is 0 Å². The van der Waals surface area contributed by atoms with Crippen LogP contribution in [0.5, 0.6) is 0 Å². The first-order valence-corrected chi connectivity index (χ1v) is 7.11. The molecule has 2 N–H and O–H groups in total. The summed E-state index contributed by atoms with van der Waals surface area (Å²) in [5, 5.41) is 12.9. The molecule has 0 aromatic heterocycles. The van der Waals surface area contributed by atoms with Gasteiger partial charge in [0.2, 0.25) is 0 Å². The molecule has 2 unspecified atom stereocenters. The lowest BCUT2D eigenvalue weighted by atomic mass is 9.98. The molecule has 18 heavy (non-hydrogen) atoms. The molecule has 0 spiro atoms. The molecule has 0 aliphatic carbocycles. The Morgan fingerprint density at radius 2 is 2.00 bits per heavy atom. The van der Waals surface area contributed by atoms with Crippen LogP contribution in [-0.2, 0) is 4.74 Å². The van der Waals surface area contributed by atoms with Crippen LogP contribution in [-0.4, -0.2) is 61.5 Å². The second-order valence-corrected chi connectivity index (χ2v) is 5.29. The number of nitrogens with zero attached hydrogens (tertiary/aromatic N) is 1. The Hall–Kier alpha value is -0.160. The molecule has 0 heterocycles. The van der Waals surface area contributed by atoms with Crippen LogP contribution in [0.25, 0.3) is 0 Å². The van der Waals surface area contributed by atoms with Crippen LogP contribution >= 0.6 is 0 Å². The van der Waals surface area contributed by atoms with Crippen LogP contribution in [0.1, 0.15) is 40.5 Å². The lowest BCUT2D eigenvalue weighted by molar-refractivity contribution is 0.100. The molecule has 0 bridgehead atoms. The third-order valence-electron chi connectivity index (χ3n) is 3.70. The van der Waals surface area contributed by atoms with Gasteiger partial charge in [0.15, 0.2) is 0 Å². The number of hydrogen-bond acceptors (Lipinski definition) is 4. The van der Waals surface area contributed by atoms with Crippen LogP contribution in [0.4, 0.5) is 0 Å². The summed E-state index contributed by atoms with van der Waals surface area (Å²) in [5.41, 5.74) is -0.173. The maximum absolute atomic E-state index is 9.50. The molecule has 0 aromatic carbocycles. The Kier molecular flexibility index (Phi) is 9.64. The average molecular weight is 260 g/mol. The van der Waals surface area contributed by atoms with Crippen molar-refractivity contribution in [2.45, 2.75) is 52.1 Å². The number of rotatable bonds is 11. The van der Waals surface area contributed by atoms with E-state index in [2.05, 4.69) is 37.9 Å². The van der Waals surface area contributed by atoms with Crippen molar-refractivity contribution in [1.82, 2.24) is 10.2 Å². The van der Waals surface area contributed by atoms with Gasteiger partial charge in [0.1, 0.15) is 0 Å². The van der Waals surface area contributed by atoms with Crippen molar-refractivity contribution in [2.24, 2.45) is 0 Å². The zero-order valence-corrected chi connectivity index (χ0v) is 12.8. The van der Waals surface area contributed by atoms with Crippen LogP contribution in [0.2, 0.25) is 0 Å². The minimum atomic E-state index is -0.173. The van der Waals surface area contributed by atoms with Crippen molar-refractivity contribution >= 4 is 0 Å². The number of ether oxygens (including phenoxy) is 1. The summed E-state index contributed by atoms with van der Waals surface area (Å²) in [6.07, 6.45) is 2.09. The van der Waals surface area contributed by atoms with Crippen molar-refractivity contribution < 1.29 is 9.84 Å². The third kappa shape index (κ3) is 6.69. The SMILES string of the molecule is CCNC(C)(CO)CCN(CCOC)C(C)CC. The van der Waals surface area contributed by atoms with Crippen LogP contribution in [0, 0.1) is 0 Å². The van der Waals surface area contributed by atoms with E-state index in [9.17, 15) is 5.11 Å². The first-order valence-electron chi connectivity index (χ1n) is 7.11. The molecule has 0 saturated carbocycles. The standard InChI is InChI=1S/C14H32N2O2/c1-6-13(3)16(10-11-18-5)9-8-14(4,12-17)15-7-2/h13,15,17H,6-12H2,1-5H3. The van der Waals surface area contributed by atoms with Crippen LogP contribution in [0.3, 0.4) is 0 Å². The predicted molar refractivity (Wildman–Crippen MR) is 77.0 cm³/mol. The predicted octanol–water partition coefficient (Wildman–Crippen LogP) is 1.48. The van der Waals surface area contributed by atoms with E-state index >= 15 is 0 Å². The number of hydrogen-bond donors (Lipinski definition) is 2. The average Bonchev–Trinajstić information content (AvgIpc) is 2.38. The maximum Gasteiger partial charge on any atom is 0.0611 e. The smallest absolute Gasteiger partial charge is 0.0611 e. The monoisotopic (exact) mass is 260 g/mol. The number of nitrogens with one attached hydrogen (secondary N) is 1. The Morgan fingerprint density at radius 3 is 2.44 bits per heavy atom. The Balaban J connectivity index is 4.30. The summed E-state index contributed by atoms with van der Waals surface area (Å²) in [7, 11) is 1.74. The highest BCUT2D eigenvalue weighted by molar-refractivity contribution is 4.83. The van der Waals surface area contributed by atoms with E-state index in [0.29, 0.717) is 6.04 Å². The molecule has 0 rings (SSSR count). The summed E-state index contributed by atoms with van der Waals surface area (Å²) >= 11 is 0. The zero-order valence-electron chi connectivity index (χ0n) is 12.8. The molecule has 4 nitrogen and oxygen atoms in total. The van der Waals surface area contributed by atoms with Crippen molar-refractivity contribution in [3.63, 3.8) is 0 Å². The lowest BCUT2D eigenvalue weighted by Gasteiger charge is -2.34. The lowest BCUT2D eigenvalue weighted by Crippen LogP contribution is -2.49. The van der Waals surface area contributed by atoms with Crippen LogP contribution in [0.15, 0.2) is 0 Å². The van der Waals surface area contributed by atoms with E-state index in [0.717, 1.165) is 39.1 Å². The van der Waals surface area contributed by atoms with Gasteiger partial charge in [0, 0.05) is 31.8 Å². The van der Waals surface area contributed by atoms with E-state index in [1.807, 2.05) is 0 Å². The van der Waals surface area contributed by atoms with Gasteiger partial charge in [-0.2, -0.15) is 0 Å². The molecule has 0 fully saturated rings. The molecule has 0 saturated heterocycles. The van der Waals surface area contributed by atoms with Crippen molar-refractivity contribution in [1.29, 1.82) is 0 Å². The summed E-state index contributed by atoms with van der Waals surface area (Å²) in [5.74, 6) is 0. The topological polar surface area (TPSA) is 44.7 Å². The van der Waals surface area contributed by atoms with Gasteiger partial charge in [-0.25, -0.2) is 0 Å². The van der Waals surface area contributed by atoms with E-state index < -0.39 is 0 Å². The van der Waals surface area contributed by atoms with Gasteiger partial charge >= 0.3 is 0 Å². The van der Waals surface area contributed by atoms with Gasteiger partial charge in [-0.1, -0.05) is 13.8 Å². The molecular weight excluding hydrogens is 228 g/mol. The fraction of sp³-hybridized carbons (Fsp3) is 1.00.